The lowest BCUT2D eigenvalue weighted by Gasteiger charge is -2.14. The molecule has 0 radical (unpaired) electrons. The van der Waals surface area contributed by atoms with Gasteiger partial charge < -0.3 is 9.73 Å². The van der Waals surface area contributed by atoms with E-state index < -0.39 is 0 Å². The van der Waals surface area contributed by atoms with Crippen molar-refractivity contribution in [2.24, 2.45) is 0 Å². The molecular weight excluding hydrogens is 305 g/mol. The summed E-state index contributed by atoms with van der Waals surface area (Å²) in [6.45, 7) is 1.98. The SMILES string of the molecule is CC(Nc1c(Cl)cc(Cl)c2nsnc12)c1ccco1. The molecule has 7 heteroatoms. The molecule has 0 aliphatic rings. The molecule has 0 fully saturated rings. The van der Waals surface area contributed by atoms with Gasteiger partial charge in [0.25, 0.3) is 0 Å². The van der Waals surface area contributed by atoms with E-state index in [1.165, 1.54) is 0 Å². The maximum Gasteiger partial charge on any atom is 0.130 e. The summed E-state index contributed by atoms with van der Waals surface area (Å²) in [5, 5.41) is 4.31. The van der Waals surface area contributed by atoms with Crippen LogP contribution in [0.25, 0.3) is 11.0 Å². The summed E-state index contributed by atoms with van der Waals surface area (Å²) in [6.07, 6.45) is 1.64. The Bertz CT molecular complexity index is 711. The van der Waals surface area contributed by atoms with E-state index in [2.05, 4.69) is 14.1 Å². The van der Waals surface area contributed by atoms with Gasteiger partial charge in [-0.3, -0.25) is 0 Å². The van der Waals surface area contributed by atoms with Gasteiger partial charge in [0.05, 0.1) is 39.8 Å². The van der Waals surface area contributed by atoms with Crippen molar-refractivity contribution in [2.45, 2.75) is 13.0 Å². The summed E-state index contributed by atoms with van der Waals surface area (Å²) in [5.41, 5.74) is 2.06. The number of hydrogen-bond donors (Lipinski definition) is 1. The Hall–Kier alpha value is -1.30. The van der Waals surface area contributed by atoms with Gasteiger partial charge in [0.1, 0.15) is 16.8 Å². The summed E-state index contributed by atoms with van der Waals surface area (Å²) in [6, 6.07) is 5.39. The number of anilines is 1. The van der Waals surface area contributed by atoms with Gasteiger partial charge in [-0.2, -0.15) is 8.75 Å². The number of furan rings is 1. The summed E-state index contributed by atoms with van der Waals surface area (Å²) in [4.78, 5) is 0. The highest BCUT2D eigenvalue weighted by atomic mass is 35.5. The van der Waals surface area contributed by atoms with E-state index in [0.29, 0.717) is 21.1 Å². The number of nitrogens with one attached hydrogen (secondary N) is 1. The van der Waals surface area contributed by atoms with Crippen LogP contribution in [0.5, 0.6) is 0 Å². The molecule has 0 saturated heterocycles. The number of halogens is 2. The molecule has 4 nitrogen and oxygen atoms in total. The van der Waals surface area contributed by atoms with Crippen molar-refractivity contribution in [3.63, 3.8) is 0 Å². The Morgan fingerprint density at radius 3 is 2.79 bits per heavy atom. The number of rotatable bonds is 3. The monoisotopic (exact) mass is 313 g/mol. The average Bonchev–Trinajstić information content (AvgIpc) is 3.04. The highest BCUT2D eigenvalue weighted by molar-refractivity contribution is 7.00. The van der Waals surface area contributed by atoms with E-state index in [0.717, 1.165) is 23.2 Å². The summed E-state index contributed by atoms with van der Waals surface area (Å²) in [7, 11) is 0. The van der Waals surface area contributed by atoms with Gasteiger partial charge in [0.2, 0.25) is 0 Å². The molecule has 1 aromatic carbocycles. The number of nitrogens with zero attached hydrogens (tertiary/aromatic N) is 2. The number of aromatic nitrogens is 2. The van der Waals surface area contributed by atoms with Crippen LogP contribution >= 0.6 is 34.9 Å². The summed E-state index contributed by atoms with van der Waals surface area (Å²) >= 11 is 13.4. The molecule has 3 aromatic rings. The first-order valence-corrected chi connectivity index (χ1v) is 7.05. The molecule has 0 amide bonds. The average molecular weight is 314 g/mol. The van der Waals surface area contributed by atoms with Gasteiger partial charge in [-0.05, 0) is 25.1 Å². The van der Waals surface area contributed by atoms with Crippen LogP contribution in [0.4, 0.5) is 5.69 Å². The third kappa shape index (κ3) is 2.29. The third-order valence-electron chi connectivity index (χ3n) is 2.77. The molecule has 0 aliphatic heterocycles. The minimum absolute atomic E-state index is 0.0291. The Kier molecular flexibility index (Phi) is 3.35. The van der Waals surface area contributed by atoms with Crippen molar-refractivity contribution < 1.29 is 4.42 Å². The van der Waals surface area contributed by atoms with Crippen molar-refractivity contribution in [1.82, 2.24) is 8.75 Å². The zero-order chi connectivity index (χ0) is 13.4. The van der Waals surface area contributed by atoms with Crippen LogP contribution < -0.4 is 5.32 Å². The highest BCUT2D eigenvalue weighted by Gasteiger charge is 2.17. The van der Waals surface area contributed by atoms with E-state index in [1.807, 2.05) is 19.1 Å². The van der Waals surface area contributed by atoms with Crippen molar-refractivity contribution in [2.75, 3.05) is 5.32 Å². The molecule has 1 unspecified atom stereocenters. The topological polar surface area (TPSA) is 51.0 Å². The van der Waals surface area contributed by atoms with Crippen LogP contribution in [-0.4, -0.2) is 8.75 Å². The van der Waals surface area contributed by atoms with Crippen molar-refractivity contribution in [3.8, 4) is 0 Å². The zero-order valence-electron chi connectivity index (χ0n) is 9.85. The largest absolute Gasteiger partial charge is 0.467 e. The van der Waals surface area contributed by atoms with Gasteiger partial charge in [0, 0.05) is 0 Å². The fraction of sp³-hybridized carbons (Fsp3) is 0.167. The molecular formula is C12H9Cl2N3OS. The zero-order valence-corrected chi connectivity index (χ0v) is 12.2. The maximum atomic E-state index is 6.23. The Labute approximate surface area is 123 Å². The number of hydrogen-bond acceptors (Lipinski definition) is 5. The second-order valence-electron chi connectivity index (χ2n) is 4.06. The summed E-state index contributed by atoms with van der Waals surface area (Å²) < 4.78 is 13.8. The Morgan fingerprint density at radius 1 is 1.26 bits per heavy atom. The molecule has 0 bridgehead atoms. The van der Waals surface area contributed by atoms with E-state index in [1.54, 1.807) is 12.3 Å². The third-order valence-corrected chi connectivity index (χ3v) is 3.89. The lowest BCUT2D eigenvalue weighted by atomic mass is 10.2. The van der Waals surface area contributed by atoms with E-state index >= 15 is 0 Å². The Balaban J connectivity index is 2.03. The van der Waals surface area contributed by atoms with Crippen LogP contribution in [0.2, 0.25) is 10.0 Å². The minimum atomic E-state index is -0.0291. The molecule has 1 atom stereocenters. The van der Waals surface area contributed by atoms with Crippen LogP contribution in [0.3, 0.4) is 0 Å². The highest BCUT2D eigenvalue weighted by Crippen LogP contribution is 2.36. The van der Waals surface area contributed by atoms with Crippen molar-refractivity contribution in [1.29, 1.82) is 0 Å². The van der Waals surface area contributed by atoms with Crippen LogP contribution in [0, 0.1) is 0 Å². The van der Waals surface area contributed by atoms with E-state index in [9.17, 15) is 0 Å². The van der Waals surface area contributed by atoms with E-state index in [4.69, 9.17) is 27.6 Å². The number of fused-ring (bicyclic) bond motifs is 1. The number of benzene rings is 1. The second kappa shape index (κ2) is 5.00. The molecule has 98 valence electrons. The predicted octanol–water partition coefficient (Wildman–Crippen LogP) is 4.76. The first-order valence-electron chi connectivity index (χ1n) is 5.57. The standard InChI is InChI=1S/C12H9Cl2N3OS/c1-6(9-3-2-4-18-9)15-10-7(13)5-8(14)11-12(10)17-19-16-11/h2-6,15H,1H3. The van der Waals surface area contributed by atoms with Gasteiger partial charge in [-0.1, -0.05) is 23.2 Å². The Morgan fingerprint density at radius 2 is 2.05 bits per heavy atom. The summed E-state index contributed by atoms with van der Waals surface area (Å²) in [5.74, 6) is 0.822. The molecule has 0 aliphatic carbocycles. The molecule has 2 heterocycles. The van der Waals surface area contributed by atoms with Crippen LogP contribution in [0.1, 0.15) is 18.7 Å². The molecule has 2 aromatic heterocycles. The van der Waals surface area contributed by atoms with E-state index in [-0.39, 0.29) is 6.04 Å². The molecule has 0 saturated carbocycles. The quantitative estimate of drug-likeness (QED) is 0.757. The normalized spacial score (nSPS) is 12.8. The van der Waals surface area contributed by atoms with Crippen molar-refractivity contribution >= 4 is 51.7 Å². The molecule has 19 heavy (non-hydrogen) atoms. The van der Waals surface area contributed by atoms with Gasteiger partial charge in [-0.25, -0.2) is 0 Å². The molecule has 3 rings (SSSR count). The van der Waals surface area contributed by atoms with Crippen molar-refractivity contribution in [3.05, 3.63) is 40.3 Å². The smallest absolute Gasteiger partial charge is 0.130 e. The van der Waals surface area contributed by atoms with Crippen LogP contribution in [0.15, 0.2) is 28.9 Å². The fourth-order valence-electron chi connectivity index (χ4n) is 1.84. The van der Waals surface area contributed by atoms with Gasteiger partial charge in [-0.15, -0.1) is 0 Å². The molecule has 0 spiro atoms. The fourth-order valence-corrected chi connectivity index (χ4v) is 3.00. The molecule has 1 N–H and O–H groups in total. The lowest BCUT2D eigenvalue weighted by Crippen LogP contribution is -2.06. The van der Waals surface area contributed by atoms with Crippen LogP contribution in [-0.2, 0) is 0 Å². The van der Waals surface area contributed by atoms with Gasteiger partial charge >= 0.3 is 0 Å². The van der Waals surface area contributed by atoms with Gasteiger partial charge in [0.15, 0.2) is 0 Å². The first kappa shape index (κ1) is 12.7. The second-order valence-corrected chi connectivity index (χ2v) is 5.40. The lowest BCUT2D eigenvalue weighted by molar-refractivity contribution is 0.491. The maximum absolute atomic E-state index is 6.23. The first-order chi connectivity index (χ1) is 9.16. The predicted molar refractivity (Wildman–Crippen MR) is 78.2 cm³/mol. The minimum Gasteiger partial charge on any atom is -0.467 e.